The summed E-state index contributed by atoms with van der Waals surface area (Å²) in [6.45, 7) is 1.37. The molecule has 3 rings (SSSR count). The molecular formula is C17H17NO3. The van der Waals surface area contributed by atoms with Gasteiger partial charge >= 0.3 is 0 Å². The van der Waals surface area contributed by atoms with Gasteiger partial charge in [0, 0.05) is 18.4 Å². The van der Waals surface area contributed by atoms with E-state index < -0.39 is 5.91 Å². The van der Waals surface area contributed by atoms with Crippen LogP contribution in [0.1, 0.15) is 21.5 Å². The van der Waals surface area contributed by atoms with E-state index in [0.717, 1.165) is 30.9 Å². The third-order valence-electron chi connectivity index (χ3n) is 3.55. The standard InChI is InChI=1S/C17H17NO3/c18-17(19)13-2-4-15(5-3-13)20-9-7-12-1-6-16-14(11-12)8-10-21-16/h1-6,11H,7-10H2,(H2,18,19). The fraction of sp³-hybridized carbons (Fsp3) is 0.235. The second-order valence-electron chi connectivity index (χ2n) is 5.03. The van der Waals surface area contributed by atoms with Gasteiger partial charge in [-0.15, -0.1) is 0 Å². The number of carbonyl (C=O) groups excluding carboxylic acids is 1. The van der Waals surface area contributed by atoms with E-state index in [1.165, 1.54) is 11.1 Å². The SMILES string of the molecule is NC(=O)c1ccc(OCCc2ccc3c(c2)CCO3)cc1. The van der Waals surface area contributed by atoms with E-state index in [9.17, 15) is 4.79 Å². The van der Waals surface area contributed by atoms with Crippen LogP contribution in [0.25, 0.3) is 0 Å². The molecule has 4 nitrogen and oxygen atoms in total. The summed E-state index contributed by atoms with van der Waals surface area (Å²) in [6.07, 6.45) is 1.82. The smallest absolute Gasteiger partial charge is 0.248 e. The summed E-state index contributed by atoms with van der Waals surface area (Å²) < 4.78 is 11.2. The molecule has 1 amide bonds. The molecule has 0 fully saturated rings. The molecule has 0 radical (unpaired) electrons. The molecule has 1 heterocycles. The summed E-state index contributed by atoms with van der Waals surface area (Å²) in [4.78, 5) is 11.0. The minimum absolute atomic E-state index is 0.429. The number of nitrogens with two attached hydrogens (primary N) is 1. The Labute approximate surface area is 123 Å². The molecule has 0 saturated heterocycles. The second-order valence-corrected chi connectivity index (χ2v) is 5.03. The van der Waals surface area contributed by atoms with Crippen molar-refractivity contribution in [1.29, 1.82) is 0 Å². The molecule has 0 aliphatic carbocycles. The number of fused-ring (bicyclic) bond motifs is 1. The Morgan fingerprint density at radius 1 is 1.19 bits per heavy atom. The van der Waals surface area contributed by atoms with Crippen LogP contribution in [0.2, 0.25) is 0 Å². The molecule has 2 aromatic rings. The number of ether oxygens (including phenoxy) is 2. The maximum Gasteiger partial charge on any atom is 0.248 e. The molecule has 0 saturated carbocycles. The van der Waals surface area contributed by atoms with Gasteiger partial charge in [-0.05, 0) is 41.5 Å². The van der Waals surface area contributed by atoms with E-state index in [-0.39, 0.29) is 0 Å². The first-order chi connectivity index (χ1) is 10.2. The Kier molecular flexibility index (Phi) is 3.77. The molecule has 1 aliphatic rings. The van der Waals surface area contributed by atoms with Crippen LogP contribution in [0.15, 0.2) is 42.5 Å². The molecule has 0 aromatic heterocycles. The number of hydrogen-bond acceptors (Lipinski definition) is 3. The van der Waals surface area contributed by atoms with E-state index in [1.54, 1.807) is 24.3 Å². The van der Waals surface area contributed by atoms with Gasteiger partial charge in [-0.3, -0.25) is 4.79 Å². The number of rotatable bonds is 5. The molecule has 0 atom stereocenters. The summed E-state index contributed by atoms with van der Waals surface area (Å²) in [6, 6.07) is 13.1. The minimum atomic E-state index is -0.429. The van der Waals surface area contributed by atoms with Crippen LogP contribution in [0.4, 0.5) is 0 Å². The summed E-state index contributed by atoms with van der Waals surface area (Å²) >= 11 is 0. The summed E-state index contributed by atoms with van der Waals surface area (Å²) in [5, 5.41) is 0. The van der Waals surface area contributed by atoms with Gasteiger partial charge < -0.3 is 15.2 Å². The highest BCUT2D eigenvalue weighted by atomic mass is 16.5. The lowest BCUT2D eigenvalue weighted by Crippen LogP contribution is -2.10. The molecule has 0 unspecified atom stereocenters. The number of amides is 1. The van der Waals surface area contributed by atoms with Crippen LogP contribution in [-0.4, -0.2) is 19.1 Å². The van der Waals surface area contributed by atoms with Gasteiger partial charge in [0.25, 0.3) is 0 Å². The predicted octanol–water partition coefficient (Wildman–Crippen LogP) is 2.34. The normalized spacial score (nSPS) is 12.6. The second kappa shape index (κ2) is 5.87. The number of benzene rings is 2. The van der Waals surface area contributed by atoms with E-state index in [2.05, 4.69) is 12.1 Å². The zero-order chi connectivity index (χ0) is 14.7. The van der Waals surface area contributed by atoms with Crippen molar-refractivity contribution in [1.82, 2.24) is 0 Å². The lowest BCUT2D eigenvalue weighted by molar-refractivity contribution is 0.100. The summed E-state index contributed by atoms with van der Waals surface area (Å²) in [7, 11) is 0. The molecule has 0 bridgehead atoms. The van der Waals surface area contributed by atoms with Crippen LogP contribution in [0, 0.1) is 0 Å². The average molecular weight is 283 g/mol. The summed E-state index contributed by atoms with van der Waals surface area (Å²) in [5.74, 6) is 1.31. The van der Waals surface area contributed by atoms with Crippen molar-refractivity contribution in [2.75, 3.05) is 13.2 Å². The lowest BCUT2D eigenvalue weighted by Gasteiger charge is -2.07. The third kappa shape index (κ3) is 3.16. The van der Waals surface area contributed by atoms with Crippen LogP contribution in [0.3, 0.4) is 0 Å². The van der Waals surface area contributed by atoms with Crippen molar-refractivity contribution in [3.8, 4) is 11.5 Å². The van der Waals surface area contributed by atoms with Crippen LogP contribution in [-0.2, 0) is 12.8 Å². The zero-order valence-corrected chi connectivity index (χ0v) is 11.7. The Bertz CT molecular complexity index is 650. The first-order valence-corrected chi connectivity index (χ1v) is 6.99. The zero-order valence-electron chi connectivity index (χ0n) is 11.7. The van der Waals surface area contributed by atoms with Crippen molar-refractivity contribution in [3.05, 3.63) is 59.2 Å². The third-order valence-corrected chi connectivity index (χ3v) is 3.55. The molecule has 21 heavy (non-hydrogen) atoms. The van der Waals surface area contributed by atoms with E-state index in [1.807, 2.05) is 6.07 Å². The van der Waals surface area contributed by atoms with Gasteiger partial charge in [-0.2, -0.15) is 0 Å². The first-order valence-electron chi connectivity index (χ1n) is 6.99. The Balaban J connectivity index is 1.55. The molecule has 2 aromatic carbocycles. The highest BCUT2D eigenvalue weighted by Gasteiger charge is 2.11. The maximum atomic E-state index is 11.0. The molecule has 108 valence electrons. The Morgan fingerprint density at radius 3 is 2.76 bits per heavy atom. The van der Waals surface area contributed by atoms with Crippen LogP contribution >= 0.6 is 0 Å². The van der Waals surface area contributed by atoms with Gasteiger partial charge in [-0.1, -0.05) is 12.1 Å². The summed E-state index contributed by atoms with van der Waals surface area (Å²) in [5.41, 5.74) is 8.20. The quantitative estimate of drug-likeness (QED) is 0.916. The molecule has 1 aliphatic heterocycles. The molecule has 4 heteroatoms. The van der Waals surface area contributed by atoms with Crippen molar-refractivity contribution >= 4 is 5.91 Å². The van der Waals surface area contributed by atoms with E-state index in [4.69, 9.17) is 15.2 Å². The van der Waals surface area contributed by atoms with Crippen LogP contribution in [0.5, 0.6) is 11.5 Å². The number of hydrogen-bond donors (Lipinski definition) is 1. The van der Waals surface area contributed by atoms with Crippen molar-refractivity contribution in [2.24, 2.45) is 5.73 Å². The predicted molar refractivity (Wildman–Crippen MR) is 79.8 cm³/mol. The molecule has 0 spiro atoms. The fourth-order valence-electron chi connectivity index (χ4n) is 2.40. The van der Waals surface area contributed by atoms with Gasteiger partial charge in [-0.25, -0.2) is 0 Å². The Hall–Kier alpha value is -2.49. The van der Waals surface area contributed by atoms with E-state index in [0.29, 0.717) is 12.2 Å². The Morgan fingerprint density at radius 2 is 2.00 bits per heavy atom. The molecular weight excluding hydrogens is 266 g/mol. The maximum absolute atomic E-state index is 11.0. The highest BCUT2D eigenvalue weighted by molar-refractivity contribution is 5.92. The van der Waals surface area contributed by atoms with Crippen LogP contribution < -0.4 is 15.2 Å². The van der Waals surface area contributed by atoms with Gasteiger partial charge in [0.1, 0.15) is 11.5 Å². The van der Waals surface area contributed by atoms with Gasteiger partial charge in [0.05, 0.1) is 13.2 Å². The first kappa shape index (κ1) is 13.5. The minimum Gasteiger partial charge on any atom is -0.493 e. The monoisotopic (exact) mass is 283 g/mol. The average Bonchev–Trinajstić information content (AvgIpc) is 2.95. The lowest BCUT2D eigenvalue weighted by atomic mass is 10.1. The topological polar surface area (TPSA) is 61.6 Å². The van der Waals surface area contributed by atoms with E-state index >= 15 is 0 Å². The van der Waals surface area contributed by atoms with Gasteiger partial charge in [0.15, 0.2) is 0 Å². The molecule has 2 N–H and O–H groups in total. The highest BCUT2D eigenvalue weighted by Crippen LogP contribution is 2.26. The van der Waals surface area contributed by atoms with Crippen molar-refractivity contribution in [3.63, 3.8) is 0 Å². The fourth-order valence-corrected chi connectivity index (χ4v) is 2.40. The van der Waals surface area contributed by atoms with Crippen molar-refractivity contribution in [2.45, 2.75) is 12.8 Å². The largest absolute Gasteiger partial charge is 0.493 e. The van der Waals surface area contributed by atoms with Crippen molar-refractivity contribution < 1.29 is 14.3 Å². The number of primary amides is 1. The van der Waals surface area contributed by atoms with Gasteiger partial charge in [0.2, 0.25) is 5.91 Å². The number of carbonyl (C=O) groups is 1.